The molecule has 0 spiro atoms. The van der Waals surface area contributed by atoms with E-state index in [-0.39, 0.29) is 31.3 Å². The monoisotopic (exact) mass is 607 g/mol. The molecule has 43 heavy (non-hydrogen) atoms. The van der Waals surface area contributed by atoms with Crippen molar-refractivity contribution in [2.75, 3.05) is 30.8 Å². The van der Waals surface area contributed by atoms with Crippen LogP contribution in [0.2, 0.25) is 0 Å². The largest absolute Gasteiger partial charge is 0.497 e. The van der Waals surface area contributed by atoms with Gasteiger partial charge in [-0.2, -0.15) is 0 Å². The van der Waals surface area contributed by atoms with Crippen molar-refractivity contribution in [3.05, 3.63) is 95.1 Å². The molecule has 2 amide bonds. The minimum Gasteiger partial charge on any atom is -0.497 e. The van der Waals surface area contributed by atoms with Crippen LogP contribution in [0.3, 0.4) is 0 Å². The lowest BCUT2D eigenvalue weighted by atomic mass is 10.0. The fourth-order valence-electron chi connectivity index (χ4n) is 5.02. The highest BCUT2D eigenvalue weighted by atomic mass is 32.2. The number of nitrogens with one attached hydrogen (secondary N) is 1. The summed E-state index contributed by atoms with van der Waals surface area (Å²) in [4.78, 5) is 29.3. The second-order valence-electron chi connectivity index (χ2n) is 10.9. The third-order valence-corrected chi connectivity index (χ3v) is 8.76. The Labute approximate surface area is 257 Å². The first kappa shape index (κ1) is 33.6. The minimum absolute atomic E-state index is 0.0778. The van der Waals surface area contributed by atoms with E-state index in [1.165, 1.54) is 10.6 Å². The van der Waals surface area contributed by atoms with Gasteiger partial charge in [-0.25, -0.2) is 8.42 Å². The maximum absolute atomic E-state index is 14.0. The lowest BCUT2D eigenvalue weighted by Gasteiger charge is -2.32. The average Bonchev–Trinajstić information content (AvgIpc) is 2.98. The van der Waals surface area contributed by atoms with Gasteiger partial charge in [-0.05, 0) is 67.1 Å². The van der Waals surface area contributed by atoms with E-state index in [2.05, 4.69) is 12.2 Å². The summed E-state index contributed by atoms with van der Waals surface area (Å²) in [5.41, 5.74) is 4.26. The Morgan fingerprint density at radius 1 is 0.930 bits per heavy atom. The Kier molecular flexibility index (Phi) is 12.6. The molecule has 0 radical (unpaired) electrons. The van der Waals surface area contributed by atoms with Gasteiger partial charge in [0, 0.05) is 32.5 Å². The van der Waals surface area contributed by atoms with Crippen molar-refractivity contribution in [2.24, 2.45) is 0 Å². The lowest BCUT2D eigenvalue weighted by molar-refractivity contribution is -0.141. The first-order valence-electron chi connectivity index (χ1n) is 14.8. The first-order valence-corrected chi connectivity index (χ1v) is 16.7. The number of nitrogens with zero attached hydrogens (tertiary/aromatic N) is 2. The van der Waals surface area contributed by atoms with Crippen molar-refractivity contribution in [2.45, 2.75) is 65.5 Å². The minimum atomic E-state index is -3.58. The number of ether oxygens (including phenoxy) is 1. The molecule has 1 unspecified atom stereocenters. The topological polar surface area (TPSA) is 96.0 Å². The second kappa shape index (κ2) is 16.1. The fraction of sp³-hybridized carbons (Fsp3) is 0.412. The van der Waals surface area contributed by atoms with E-state index < -0.39 is 16.1 Å². The smallest absolute Gasteiger partial charge is 0.243 e. The van der Waals surface area contributed by atoms with Crippen LogP contribution < -0.4 is 14.4 Å². The molecular formula is C34H45N3O5S. The molecule has 0 heterocycles. The molecule has 0 saturated heterocycles. The molecule has 3 aromatic rings. The van der Waals surface area contributed by atoms with Crippen LogP contribution in [0, 0.1) is 13.8 Å². The van der Waals surface area contributed by atoms with E-state index in [4.69, 9.17) is 4.74 Å². The molecule has 1 atom stereocenters. The van der Waals surface area contributed by atoms with Crippen molar-refractivity contribution in [1.82, 2.24) is 10.2 Å². The highest BCUT2D eigenvalue weighted by Crippen LogP contribution is 2.26. The number of sulfonamides is 1. The van der Waals surface area contributed by atoms with Gasteiger partial charge in [0.15, 0.2) is 0 Å². The number of methoxy groups -OCH3 is 1. The summed E-state index contributed by atoms with van der Waals surface area (Å²) in [5, 5.41) is 3.03. The maximum atomic E-state index is 14.0. The van der Waals surface area contributed by atoms with Crippen LogP contribution in [0.1, 0.15) is 54.9 Å². The van der Waals surface area contributed by atoms with Crippen LogP contribution in [-0.4, -0.2) is 57.6 Å². The van der Waals surface area contributed by atoms with Crippen LogP contribution >= 0.6 is 0 Å². The van der Waals surface area contributed by atoms with E-state index in [9.17, 15) is 18.0 Å². The van der Waals surface area contributed by atoms with Crippen LogP contribution in [0.4, 0.5) is 5.69 Å². The molecule has 0 fully saturated rings. The Morgan fingerprint density at radius 2 is 1.63 bits per heavy atom. The number of carbonyl (C=O) groups is 2. The number of aryl methyl sites for hydroxylation is 1. The first-order chi connectivity index (χ1) is 20.5. The molecule has 232 valence electrons. The molecule has 0 saturated carbocycles. The normalized spacial score (nSPS) is 11.9. The van der Waals surface area contributed by atoms with Gasteiger partial charge < -0.3 is 15.0 Å². The molecule has 1 N–H and O–H groups in total. The highest BCUT2D eigenvalue weighted by molar-refractivity contribution is 7.92. The molecule has 8 nitrogen and oxygen atoms in total. The van der Waals surface area contributed by atoms with Crippen LogP contribution in [0.5, 0.6) is 5.75 Å². The molecule has 3 rings (SSSR count). The summed E-state index contributed by atoms with van der Waals surface area (Å²) in [6, 6.07) is 21.9. The Hall–Kier alpha value is -3.85. The Morgan fingerprint density at radius 3 is 2.30 bits per heavy atom. The number of carbonyl (C=O) groups excluding carboxylic acids is 2. The summed E-state index contributed by atoms with van der Waals surface area (Å²) in [6.07, 6.45) is 3.69. The van der Waals surface area contributed by atoms with Crippen LogP contribution in [-0.2, 0) is 32.6 Å². The van der Waals surface area contributed by atoms with E-state index in [0.717, 1.165) is 35.1 Å². The molecule has 3 aromatic carbocycles. The molecule has 0 aliphatic carbocycles. The second-order valence-corrected chi connectivity index (χ2v) is 12.8. The number of amides is 2. The number of benzene rings is 3. The van der Waals surface area contributed by atoms with Crippen molar-refractivity contribution < 1.29 is 22.7 Å². The standard InChI is InChI=1S/C34H45N3O5S/c1-6-7-21-35-34(39)32(24-28-15-9-8-10-16-28)36(25-29-17-12-18-30(23-29)42-4)33(38)20-13-22-37(43(5,40)41)31-19-11-14-26(2)27(31)3/h8-12,14-19,23,32H,6-7,13,20-22,24-25H2,1-5H3,(H,35,39). The van der Waals surface area contributed by atoms with Gasteiger partial charge in [-0.3, -0.25) is 13.9 Å². The average molecular weight is 608 g/mol. The van der Waals surface area contributed by atoms with Gasteiger partial charge in [-0.15, -0.1) is 0 Å². The zero-order chi connectivity index (χ0) is 31.4. The van der Waals surface area contributed by atoms with Gasteiger partial charge in [0.2, 0.25) is 21.8 Å². The summed E-state index contributed by atoms with van der Waals surface area (Å²) >= 11 is 0. The Balaban J connectivity index is 1.91. The number of unbranched alkanes of at least 4 members (excludes halogenated alkanes) is 1. The molecular weight excluding hydrogens is 562 g/mol. The number of hydrogen-bond acceptors (Lipinski definition) is 5. The third-order valence-electron chi connectivity index (χ3n) is 7.58. The fourth-order valence-corrected chi connectivity index (χ4v) is 6.03. The summed E-state index contributed by atoms with van der Waals surface area (Å²) in [5.74, 6) is 0.236. The van der Waals surface area contributed by atoms with Crippen molar-refractivity contribution in [3.63, 3.8) is 0 Å². The van der Waals surface area contributed by atoms with E-state index in [0.29, 0.717) is 30.8 Å². The van der Waals surface area contributed by atoms with E-state index in [1.807, 2.05) is 80.6 Å². The quantitative estimate of drug-likeness (QED) is 0.220. The molecule has 0 aliphatic rings. The van der Waals surface area contributed by atoms with Crippen molar-refractivity contribution in [3.8, 4) is 5.75 Å². The van der Waals surface area contributed by atoms with Crippen molar-refractivity contribution >= 4 is 27.5 Å². The van der Waals surface area contributed by atoms with Gasteiger partial charge in [0.1, 0.15) is 11.8 Å². The van der Waals surface area contributed by atoms with E-state index >= 15 is 0 Å². The molecule has 9 heteroatoms. The maximum Gasteiger partial charge on any atom is 0.243 e. The van der Waals surface area contributed by atoms with Gasteiger partial charge in [0.25, 0.3) is 0 Å². The molecule has 0 aromatic heterocycles. The summed E-state index contributed by atoms with van der Waals surface area (Å²) in [6.45, 7) is 6.79. The van der Waals surface area contributed by atoms with Gasteiger partial charge in [-0.1, -0.05) is 67.9 Å². The molecule has 0 aliphatic heterocycles. The van der Waals surface area contributed by atoms with Crippen LogP contribution in [0.15, 0.2) is 72.8 Å². The predicted octanol–water partition coefficient (Wildman–Crippen LogP) is 5.41. The molecule has 0 bridgehead atoms. The lowest BCUT2D eigenvalue weighted by Crippen LogP contribution is -2.50. The predicted molar refractivity (Wildman–Crippen MR) is 173 cm³/mol. The zero-order valence-electron chi connectivity index (χ0n) is 26.0. The van der Waals surface area contributed by atoms with Crippen LogP contribution in [0.25, 0.3) is 0 Å². The number of anilines is 1. The summed E-state index contributed by atoms with van der Waals surface area (Å²) < 4.78 is 32.4. The van der Waals surface area contributed by atoms with Gasteiger partial charge >= 0.3 is 0 Å². The third kappa shape index (κ3) is 9.85. The number of rotatable bonds is 16. The highest BCUT2D eigenvalue weighted by Gasteiger charge is 2.30. The van der Waals surface area contributed by atoms with Crippen molar-refractivity contribution in [1.29, 1.82) is 0 Å². The SMILES string of the molecule is CCCCNC(=O)C(Cc1ccccc1)N(Cc1cccc(OC)c1)C(=O)CCCN(c1cccc(C)c1C)S(C)(=O)=O. The van der Waals surface area contributed by atoms with E-state index in [1.54, 1.807) is 18.1 Å². The van der Waals surface area contributed by atoms with Gasteiger partial charge in [0.05, 0.1) is 19.1 Å². The summed E-state index contributed by atoms with van der Waals surface area (Å²) in [7, 11) is -2.00. The Bertz CT molecular complexity index is 1460. The number of hydrogen-bond donors (Lipinski definition) is 1. The zero-order valence-corrected chi connectivity index (χ0v) is 26.8.